The van der Waals surface area contributed by atoms with E-state index in [4.69, 9.17) is 16.6 Å². The van der Waals surface area contributed by atoms with Crippen LogP contribution in [-0.4, -0.2) is 55.0 Å². The topological polar surface area (TPSA) is 96.1 Å². The molecular weight excluding hydrogens is 482 g/mol. The lowest BCUT2D eigenvalue weighted by Gasteiger charge is -2.30. The Balaban J connectivity index is 1.35. The van der Waals surface area contributed by atoms with Crippen molar-refractivity contribution in [3.8, 4) is 10.6 Å². The van der Waals surface area contributed by atoms with E-state index in [1.165, 1.54) is 5.56 Å². The monoisotopic (exact) mass is 509 g/mol. The van der Waals surface area contributed by atoms with Crippen LogP contribution in [0.5, 0.6) is 0 Å². The van der Waals surface area contributed by atoms with Crippen molar-refractivity contribution in [2.45, 2.75) is 43.9 Å². The molecule has 9 heteroatoms. The highest BCUT2D eigenvalue weighted by molar-refractivity contribution is 7.13. The molecule has 4 aromatic rings. The highest BCUT2D eigenvalue weighted by atomic mass is 35.5. The van der Waals surface area contributed by atoms with Crippen LogP contribution in [0.1, 0.15) is 36.6 Å². The van der Waals surface area contributed by atoms with Crippen molar-refractivity contribution in [2.75, 3.05) is 13.1 Å². The van der Waals surface area contributed by atoms with Crippen molar-refractivity contribution in [3.05, 3.63) is 64.6 Å². The Hall–Kier alpha value is -2.36. The summed E-state index contributed by atoms with van der Waals surface area (Å²) in [7, 11) is 0. The molecule has 1 aliphatic heterocycles. The number of nitrogens with zero attached hydrogens (tertiary/aromatic N) is 4. The van der Waals surface area contributed by atoms with Crippen LogP contribution in [0.4, 0.5) is 0 Å². The molecular formula is C26H28ClN5O2S. The fourth-order valence-electron chi connectivity index (χ4n) is 5.78. The second-order valence-electron chi connectivity index (χ2n) is 9.69. The predicted molar refractivity (Wildman–Crippen MR) is 138 cm³/mol. The summed E-state index contributed by atoms with van der Waals surface area (Å²) >= 11 is 7.78. The molecule has 6 rings (SSSR count). The van der Waals surface area contributed by atoms with Crippen molar-refractivity contribution in [1.29, 1.82) is 0 Å². The molecule has 7 nitrogen and oxygen atoms in total. The number of hydrogen-bond donors (Lipinski definition) is 3. The lowest BCUT2D eigenvalue weighted by molar-refractivity contribution is -0.00692. The lowest BCUT2D eigenvalue weighted by atomic mass is 9.83. The van der Waals surface area contributed by atoms with Crippen LogP contribution in [0.2, 0.25) is 5.28 Å². The average molecular weight is 510 g/mol. The van der Waals surface area contributed by atoms with Gasteiger partial charge in [0.15, 0.2) is 0 Å². The van der Waals surface area contributed by atoms with Crippen LogP contribution >= 0.6 is 22.9 Å². The number of fused-ring (bicyclic) bond motifs is 1. The number of aliphatic hydroxyl groups excluding tert-OH is 2. The molecule has 0 bridgehead atoms. The molecule has 3 aromatic heterocycles. The first kappa shape index (κ1) is 23.1. The summed E-state index contributed by atoms with van der Waals surface area (Å²) in [6.07, 6.45) is 5.73. The van der Waals surface area contributed by atoms with E-state index in [0.29, 0.717) is 18.0 Å². The van der Waals surface area contributed by atoms with Gasteiger partial charge in [-0.3, -0.25) is 0 Å². The minimum atomic E-state index is -0.871. The molecule has 4 heterocycles. The number of hydrogen-bond acceptors (Lipinski definition) is 7. The first-order valence-electron chi connectivity index (χ1n) is 12.2. The first-order chi connectivity index (χ1) is 17.1. The van der Waals surface area contributed by atoms with Crippen molar-refractivity contribution < 1.29 is 10.2 Å². The van der Waals surface area contributed by atoms with Gasteiger partial charge in [0.05, 0.1) is 17.8 Å². The molecule has 1 aliphatic carbocycles. The minimum absolute atomic E-state index is 0.0401. The van der Waals surface area contributed by atoms with E-state index in [2.05, 4.69) is 32.8 Å². The fraction of sp³-hybridized carbons (Fsp3) is 0.423. The van der Waals surface area contributed by atoms with Gasteiger partial charge in [-0.2, -0.15) is 4.98 Å². The van der Waals surface area contributed by atoms with E-state index in [1.807, 2.05) is 29.0 Å². The van der Waals surface area contributed by atoms with Gasteiger partial charge in [-0.1, -0.05) is 30.3 Å². The number of piperidine rings is 1. The first-order valence-corrected chi connectivity index (χ1v) is 13.4. The molecule has 1 saturated heterocycles. The SMILES string of the molecule is O[C@@H]1[C@H](O)[C@@H](C2CCCNC2)C[C@H]1n1cc(-c2nc(Cc3ccccc3)cs2)c2cnc(Cl)nc21. The van der Waals surface area contributed by atoms with Gasteiger partial charge in [-0.05, 0) is 61.4 Å². The maximum Gasteiger partial charge on any atom is 0.224 e. The molecule has 5 atom stereocenters. The molecule has 35 heavy (non-hydrogen) atoms. The van der Waals surface area contributed by atoms with Crippen LogP contribution < -0.4 is 5.32 Å². The summed E-state index contributed by atoms with van der Waals surface area (Å²) in [5, 5.41) is 29.5. The van der Waals surface area contributed by atoms with Crippen LogP contribution in [0.15, 0.2) is 48.1 Å². The highest BCUT2D eigenvalue weighted by Crippen LogP contribution is 2.44. The maximum atomic E-state index is 11.1. The van der Waals surface area contributed by atoms with Crippen molar-refractivity contribution in [2.24, 2.45) is 11.8 Å². The standard InChI is InChI=1S/C26H28ClN5O2S/c27-26-29-12-19-20(25-30-17(14-35-25)9-15-5-2-1-3-6-15)13-32(24(19)31-26)21-10-18(22(33)23(21)34)16-7-4-8-28-11-16/h1-3,5-6,12-14,16,18,21-23,28,33-34H,4,7-11H2/t16?,18-,21-,22-,23+/m1/s1. The number of rotatable bonds is 5. The smallest absolute Gasteiger partial charge is 0.224 e. The summed E-state index contributed by atoms with van der Waals surface area (Å²) < 4.78 is 1.99. The summed E-state index contributed by atoms with van der Waals surface area (Å²) in [6, 6.07) is 10.0. The Bertz CT molecular complexity index is 1320. The van der Waals surface area contributed by atoms with Crippen LogP contribution in [0, 0.1) is 11.8 Å². The maximum absolute atomic E-state index is 11.1. The Morgan fingerprint density at radius 1 is 1.14 bits per heavy atom. The van der Waals surface area contributed by atoms with Gasteiger partial charge in [-0.25, -0.2) is 9.97 Å². The average Bonchev–Trinajstić information content (AvgIpc) is 3.57. The molecule has 0 spiro atoms. The van der Waals surface area contributed by atoms with E-state index in [1.54, 1.807) is 17.5 Å². The quantitative estimate of drug-likeness (QED) is 0.351. The number of aliphatic hydroxyl groups is 2. The summed E-state index contributed by atoms with van der Waals surface area (Å²) in [6.45, 7) is 1.91. The summed E-state index contributed by atoms with van der Waals surface area (Å²) in [4.78, 5) is 13.7. The number of halogens is 1. The molecule has 3 N–H and O–H groups in total. The zero-order valence-electron chi connectivity index (χ0n) is 19.2. The lowest BCUT2D eigenvalue weighted by Crippen LogP contribution is -2.39. The van der Waals surface area contributed by atoms with E-state index >= 15 is 0 Å². The molecule has 0 amide bonds. The Kier molecular flexibility index (Phi) is 6.32. The normalized spacial score (nSPS) is 27.0. The van der Waals surface area contributed by atoms with Crippen molar-refractivity contribution in [3.63, 3.8) is 0 Å². The van der Waals surface area contributed by atoms with Crippen molar-refractivity contribution in [1.82, 2.24) is 24.8 Å². The van der Waals surface area contributed by atoms with Gasteiger partial charge < -0.3 is 20.1 Å². The van der Waals surface area contributed by atoms with E-state index in [9.17, 15) is 10.2 Å². The molecule has 1 unspecified atom stereocenters. The second-order valence-corrected chi connectivity index (χ2v) is 10.9. The van der Waals surface area contributed by atoms with Crippen LogP contribution in [0.25, 0.3) is 21.6 Å². The Labute approximate surface area is 212 Å². The fourth-order valence-corrected chi connectivity index (χ4v) is 6.75. The zero-order valence-corrected chi connectivity index (χ0v) is 20.8. The van der Waals surface area contributed by atoms with Gasteiger partial charge in [0.2, 0.25) is 5.28 Å². The zero-order chi connectivity index (χ0) is 23.9. The number of thiazole rings is 1. The second kappa shape index (κ2) is 9.59. The number of aromatic nitrogens is 4. The van der Waals surface area contributed by atoms with Gasteiger partial charge in [-0.15, -0.1) is 11.3 Å². The molecule has 182 valence electrons. The third kappa shape index (κ3) is 4.38. The van der Waals surface area contributed by atoms with E-state index < -0.39 is 12.2 Å². The third-order valence-electron chi connectivity index (χ3n) is 7.55. The van der Waals surface area contributed by atoms with E-state index in [-0.39, 0.29) is 17.2 Å². The number of benzene rings is 1. The molecule has 2 aliphatic rings. The molecule has 1 aromatic carbocycles. The molecule has 2 fully saturated rings. The van der Waals surface area contributed by atoms with Gasteiger partial charge in [0.25, 0.3) is 0 Å². The van der Waals surface area contributed by atoms with Gasteiger partial charge >= 0.3 is 0 Å². The number of nitrogens with one attached hydrogen (secondary N) is 1. The van der Waals surface area contributed by atoms with Crippen LogP contribution in [-0.2, 0) is 6.42 Å². The minimum Gasteiger partial charge on any atom is -0.390 e. The van der Waals surface area contributed by atoms with Gasteiger partial charge in [0, 0.05) is 35.1 Å². The third-order valence-corrected chi connectivity index (χ3v) is 8.65. The van der Waals surface area contributed by atoms with Crippen molar-refractivity contribution >= 4 is 34.0 Å². The Morgan fingerprint density at radius 2 is 2.00 bits per heavy atom. The Morgan fingerprint density at radius 3 is 2.80 bits per heavy atom. The molecule has 0 radical (unpaired) electrons. The van der Waals surface area contributed by atoms with Crippen LogP contribution in [0.3, 0.4) is 0 Å². The predicted octanol–water partition coefficient (Wildman–Crippen LogP) is 4.08. The highest BCUT2D eigenvalue weighted by Gasteiger charge is 2.46. The molecule has 1 saturated carbocycles. The van der Waals surface area contributed by atoms with Gasteiger partial charge in [0.1, 0.15) is 16.8 Å². The largest absolute Gasteiger partial charge is 0.390 e. The van der Waals surface area contributed by atoms with E-state index in [0.717, 1.165) is 54.0 Å². The summed E-state index contributed by atoms with van der Waals surface area (Å²) in [5.74, 6) is 0.399. The summed E-state index contributed by atoms with van der Waals surface area (Å²) in [5.41, 5.74) is 3.81.